The van der Waals surface area contributed by atoms with Crippen molar-refractivity contribution in [3.8, 4) is 17.2 Å². The molecule has 140 valence electrons. The van der Waals surface area contributed by atoms with Gasteiger partial charge < -0.3 is 19.5 Å². The zero-order valence-corrected chi connectivity index (χ0v) is 15.7. The lowest BCUT2D eigenvalue weighted by Gasteiger charge is -2.19. The Bertz CT molecular complexity index is 933. The summed E-state index contributed by atoms with van der Waals surface area (Å²) in [6.07, 6.45) is -0.0873. The molecule has 1 N–H and O–H groups in total. The molecule has 0 saturated heterocycles. The van der Waals surface area contributed by atoms with E-state index in [2.05, 4.69) is 5.32 Å². The van der Waals surface area contributed by atoms with E-state index in [1.54, 1.807) is 32.4 Å². The highest BCUT2D eigenvalue weighted by atomic mass is 16.5. The molecule has 0 saturated carbocycles. The normalized spacial score (nSPS) is 11.7. The highest BCUT2D eigenvalue weighted by Crippen LogP contribution is 2.30. The van der Waals surface area contributed by atoms with Crippen molar-refractivity contribution in [3.05, 3.63) is 60.7 Å². The zero-order valence-electron chi connectivity index (χ0n) is 15.7. The average Bonchev–Trinajstić information content (AvgIpc) is 2.72. The fourth-order valence-corrected chi connectivity index (χ4v) is 2.89. The molecule has 0 radical (unpaired) electrons. The van der Waals surface area contributed by atoms with Gasteiger partial charge in [0, 0.05) is 11.5 Å². The van der Waals surface area contributed by atoms with Crippen LogP contribution in [-0.2, 0) is 4.79 Å². The molecule has 0 spiro atoms. The molecule has 3 aromatic carbocycles. The van der Waals surface area contributed by atoms with Crippen LogP contribution in [0.15, 0.2) is 60.7 Å². The van der Waals surface area contributed by atoms with Crippen molar-refractivity contribution in [1.29, 1.82) is 0 Å². The highest BCUT2D eigenvalue weighted by Gasteiger charge is 2.21. The zero-order chi connectivity index (χ0) is 19.2. The standard InChI is InChI=1S/C22H23NO4/c1-4-19(27-20-11-7-9-15-8-5-6-10-17(15)20)22(24)23-18-13-12-16(25-2)14-21(18)26-3/h5-14,19H,4H2,1-3H3,(H,23,24). The number of benzene rings is 3. The van der Waals surface area contributed by atoms with Crippen LogP contribution in [-0.4, -0.2) is 26.2 Å². The van der Waals surface area contributed by atoms with Crippen LogP contribution in [0.2, 0.25) is 0 Å². The fraction of sp³-hybridized carbons (Fsp3) is 0.227. The number of hydrogen-bond donors (Lipinski definition) is 1. The van der Waals surface area contributed by atoms with Crippen molar-refractivity contribution in [2.45, 2.75) is 19.4 Å². The molecule has 0 heterocycles. The Labute approximate surface area is 158 Å². The number of anilines is 1. The van der Waals surface area contributed by atoms with Crippen molar-refractivity contribution in [1.82, 2.24) is 0 Å². The van der Waals surface area contributed by atoms with Crippen LogP contribution >= 0.6 is 0 Å². The Balaban J connectivity index is 1.80. The minimum absolute atomic E-state index is 0.228. The van der Waals surface area contributed by atoms with E-state index in [0.29, 0.717) is 29.4 Å². The lowest BCUT2D eigenvalue weighted by Crippen LogP contribution is -2.32. The van der Waals surface area contributed by atoms with E-state index in [1.807, 2.05) is 49.4 Å². The first kappa shape index (κ1) is 18.6. The maximum Gasteiger partial charge on any atom is 0.265 e. The molecule has 3 rings (SSSR count). The quantitative estimate of drug-likeness (QED) is 0.662. The van der Waals surface area contributed by atoms with Gasteiger partial charge in [-0.2, -0.15) is 0 Å². The summed E-state index contributed by atoms with van der Waals surface area (Å²) in [6, 6.07) is 19.0. The Hall–Kier alpha value is -3.21. The molecule has 5 nitrogen and oxygen atoms in total. The van der Waals surface area contributed by atoms with Crippen molar-refractivity contribution >= 4 is 22.4 Å². The van der Waals surface area contributed by atoms with Crippen molar-refractivity contribution in [3.63, 3.8) is 0 Å². The van der Waals surface area contributed by atoms with Crippen molar-refractivity contribution in [2.24, 2.45) is 0 Å². The summed E-state index contributed by atoms with van der Waals surface area (Å²) in [4.78, 5) is 12.8. The van der Waals surface area contributed by atoms with Gasteiger partial charge in [-0.05, 0) is 30.0 Å². The first-order valence-corrected chi connectivity index (χ1v) is 8.83. The minimum Gasteiger partial charge on any atom is -0.497 e. The molecule has 0 aromatic heterocycles. The SMILES string of the molecule is CCC(Oc1cccc2ccccc12)C(=O)Nc1ccc(OC)cc1OC. The molecule has 1 atom stereocenters. The number of ether oxygens (including phenoxy) is 3. The number of carbonyl (C=O) groups excluding carboxylic acids is 1. The van der Waals surface area contributed by atoms with Gasteiger partial charge in [-0.25, -0.2) is 0 Å². The molecule has 27 heavy (non-hydrogen) atoms. The molecule has 0 aliphatic rings. The summed E-state index contributed by atoms with van der Waals surface area (Å²) in [5.74, 6) is 1.65. The summed E-state index contributed by atoms with van der Waals surface area (Å²) < 4.78 is 16.6. The molecule has 3 aromatic rings. The number of hydrogen-bond acceptors (Lipinski definition) is 4. The summed E-state index contributed by atoms with van der Waals surface area (Å²) in [5.41, 5.74) is 0.572. The third kappa shape index (κ3) is 4.14. The predicted octanol–water partition coefficient (Wildman–Crippen LogP) is 4.65. The molecule has 1 amide bonds. The first-order chi connectivity index (χ1) is 13.2. The second-order valence-corrected chi connectivity index (χ2v) is 6.05. The van der Waals surface area contributed by atoms with Gasteiger partial charge in [0.2, 0.25) is 0 Å². The van der Waals surface area contributed by atoms with E-state index in [9.17, 15) is 4.79 Å². The summed E-state index contributed by atoms with van der Waals surface area (Å²) in [6.45, 7) is 1.92. The Morgan fingerprint density at radius 1 is 0.963 bits per heavy atom. The predicted molar refractivity (Wildman–Crippen MR) is 107 cm³/mol. The number of rotatable bonds is 7. The number of methoxy groups -OCH3 is 2. The van der Waals surface area contributed by atoms with Crippen molar-refractivity contribution < 1.29 is 19.0 Å². The van der Waals surface area contributed by atoms with Gasteiger partial charge >= 0.3 is 0 Å². The van der Waals surface area contributed by atoms with E-state index in [1.165, 1.54) is 0 Å². The Morgan fingerprint density at radius 3 is 2.48 bits per heavy atom. The van der Waals surface area contributed by atoms with Gasteiger partial charge in [0.05, 0.1) is 19.9 Å². The molecule has 1 unspecified atom stereocenters. The van der Waals surface area contributed by atoms with Crippen LogP contribution in [0, 0.1) is 0 Å². The molecular weight excluding hydrogens is 342 g/mol. The molecule has 0 bridgehead atoms. The lowest BCUT2D eigenvalue weighted by molar-refractivity contribution is -0.122. The number of fused-ring (bicyclic) bond motifs is 1. The lowest BCUT2D eigenvalue weighted by atomic mass is 10.1. The van der Waals surface area contributed by atoms with Crippen LogP contribution < -0.4 is 19.5 Å². The highest BCUT2D eigenvalue weighted by molar-refractivity contribution is 5.96. The third-order valence-electron chi connectivity index (χ3n) is 4.35. The van der Waals surface area contributed by atoms with E-state index in [0.717, 1.165) is 10.8 Å². The first-order valence-electron chi connectivity index (χ1n) is 8.83. The van der Waals surface area contributed by atoms with Gasteiger partial charge in [-0.3, -0.25) is 4.79 Å². The Kier molecular flexibility index (Phi) is 5.81. The van der Waals surface area contributed by atoms with Gasteiger partial charge in [0.1, 0.15) is 17.2 Å². The topological polar surface area (TPSA) is 56.8 Å². The molecule has 0 aliphatic carbocycles. The van der Waals surface area contributed by atoms with Crippen LogP contribution in [0.3, 0.4) is 0 Å². The molecule has 0 fully saturated rings. The summed E-state index contributed by atoms with van der Waals surface area (Å²) in [5, 5.41) is 4.94. The average molecular weight is 365 g/mol. The maximum absolute atomic E-state index is 12.8. The Morgan fingerprint density at radius 2 is 1.74 bits per heavy atom. The molecule has 0 aliphatic heterocycles. The van der Waals surface area contributed by atoms with E-state index >= 15 is 0 Å². The van der Waals surface area contributed by atoms with Gasteiger partial charge in [-0.15, -0.1) is 0 Å². The van der Waals surface area contributed by atoms with E-state index in [-0.39, 0.29) is 5.91 Å². The minimum atomic E-state index is -0.623. The largest absolute Gasteiger partial charge is 0.497 e. The monoisotopic (exact) mass is 365 g/mol. The molecular formula is C22H23NO4. The van der Waals surface area contributed by atoms with Crippen LogP contribution in [0.4, 0.5) is 5.69 Å². The smallest absolute Gasteiger partial charge is 0.265 e. The van der Waals surface area contributed by atoms with Gasteiger partial charge in [0.25, 0.3) is 5.91 Å². The van der Waals surface area contributed by atoms with Crippen molar-refractivity contribution in [2.75, 3.05) is 19.5 Å². The fourth-order valence-electron chi connectivity index (χ4n) is 2.89. The third-order valence-corrected chi connectivity index (χ3v) is 4.35. The van der Waals surface area contributed by atoms with Crippen LogP contribution in [0.1, 0.15) is 13.3 Å². The van der Waals surface area contributed by atoms with Crippen LogP contribution in [0.5, 0.6) is 17.2 Å². The van der Waals surface area contributed by atoms with Crippen LogP contribution in [0.25, 0.3) is 10.8 Å². The maximum atomic E-state index is 12.8. The van der Waals surface area contributed by atoms with E-state index in [4.69, 9.17) is 14.2 Å². The van der Waals surface area contributed by atoms with Gasteiger partial charge in [-0.1, -0.05) is 43.3 Å². The number of amides is 1. The van der Waals surface area contributed by atoms with Gasteiger partial charge in [0.15, 0.2) is 6.10 Å². The second kappa shape index (κ2) is 8.45. The number of nitrogens with one attached hydrogen (secondary N) is 1. The molecule has 5 heteroatoms. The number of carbonyl (C=O) groups is 1. The second-order valence-electron chi connectivity index (χ2n) is 6.05. The summed E-state index contributed by atoms with van der Waals surface area (Å²) >= 11 is 0. The summed E-state index contributed by atoms with van der Waals surface area (Å²) in [7, 11) is 3.13. The van der Waals surface area contributed by atoms with E-state index < -0.39 is 6.10 Å².